The molecule has 8 rings (SSSR count). The summed E-state index contributed by atoms with van der Waals surface area (Å²) in [5.41, 5.74) is 22.3. The van der Waals surface area contributed by atoms with Crippen molar-refractivity contribution in [2.45, 2.75) is 64.5 Å². The van der Waals surface area contributed by atoms with Crippen molar-refractivity contribution >= 4 is 83.8 Å². The number of allylic oxidation sites excluding steroid dienone is 2. The number of hydrogen-bond donors (Lipinski definition) is 4. The zero-order valence-corrected chi connectivity index (χ0v) is 35.7. The van der Waals surface area contributed by atoms with Crippen LogP contribution in [0.1, 0.15) is 61.9 Å². The van der Waals surface area contributed by atoms with Gasteiger partial charge in [0.25, 0.3) is 5.01 Å². The molecule has 3 heterocycles. The molecule has 0 aliphatic carbocycles. The minimum absolute atomic E-state index is 0.0100. The van der Waals surface area contributed by atoms with Gasteiger partial charge in [0.1, 0.15) is 11.2 Å². The van der Waals surface area contributed by atoms with Gasteiger partial charge in [-0.05, 0) is 85.9 Å². The molecule has 0 atom stereocenters. The van der Waals surface area contributed by atoms with Gasteiger partial charge < -0.3 is 27.0 Å². The first kappa shape index (κ1) is 41.2. The van der Waals surface area contributed by atoms with Gasteiger partial charge in [0.15, 0.2) is 6.54 Å². The van der Waals surface area contributed by atoms with Gasteiger partial charge in [-0.2, -0.15) is 9.13 Å². The van der Waals surface area contributed by atoms with E-state index in [1.807, 2.05) is 29.5 Å². The van der Waals surface area contributed by atoms with Gasteiger partial charge in [0.05, 0.1) is 10.8 Å². The Kier molecular flexibility index (Phi) is 13.0. The maximum absolute atomic E-state index is 12.7. The topological polar surface area (TPSA) is 121 Å². The first-order valence-corrected chi connectivity index (χ1v) is 22.3. The second-order valence-corrected chi connectivity index (χ2v) is 16.9. The number of aryl methyl sites for hydroxylation is 2. The molecule has 2 amide bonds. The van der Waals surface area contributed by atoms with E-state index in [0.717, 1.165) is 95.9 Å². The molecule has 1 aliphatic heterocycles. The maximum Gasteiger partial charge on any atom is 0.263 e. The number of unbranched alkanes of at least 4 members (excludes halogenated alkanes) is 4. The predicted molar refractivity (Wildman–Crippen MR) is 253 cm³/mol. The molecule has 0 saturated heterocycles. The molecular formula is C51H55N7O2S+2. The van der Waals surface area contributed by atoms with E-state index in [1.54, 1.807) is 0 Å². The molecule has 310 valence electrons. The van der Waals surface area contributed by atoms with Gasteiger partial charge in [-0.3, -0.25) is 9.59 Å². The number of aromatic nitrogens is 2. The number of pyridine rings is 1. The molecule has 61 heavy (non-hydrogen) atoms. The lowest BCUT2D eigenvalue weighted by atomic mass is 9.98. The van der Waals surface area contributed by atoms with E-state index >= 15 is 0 Å². The van der Waals surface area contributed by atoms with Crippen molar-refractivity contribution in [1.29, 1.82) is 0 Å². The fourth-order valence-electron chi connectivity index (χ4n) is 8.48. The highest BCUT2D eigenvalue weighted by Crippen LogP contribution is 2.35. The normalized spacial score (nSPS) is 13.0. The largest absolute Gasteiger partial charge is 0.399 e. The summed E-state index contributed by atoms with van der Waals surface area (Å²) in [6.07, 6.45) is 12.9. The summed E-state index contributed by atoms with van der Waals surface area (Å²) in [5, 5.41) is 10.6. The monoisotopic (exact) mass is 829 g/mol. The number of nitrogens with one attached hydrogen (secondary N) is 2. The predicted octanol–water partition coefficient (Wildman–Crippen LogP) is 9.17. The molecule has 7 aromatic rings. The molecule has 0 unspecified atom stereocenters. The number of amides is 2. The smallest absolute Gasteiger partial charge is 0.263 e. The molecule has 0 radical (unpaired) electrons. The average molecular weight is 830 g/mol. The highest BCUT2D eigenvalue weighted by atomic mass is 32.1. The van der Waals surface area contributed by atoms with Gasteiger partial charge >= 0.3 is 0 Å². The first-order valence-electron chi connectivity index (χ1n) is 21.5. The van der Waals surface area contributed by atoms with E-state index in [2.05, 4.69) is 147 Å². The number of nitrogen functional groups attached to an aromatic ring is 2. The number of carbonyl (C=O) groups is 2. The number of rotatable bonds is 17. The number of anilines is 3. The standard InChI is InChI=1S/C51H53N7O2S/c1-56-32-27-37(40-17-9-10-18-44(40)56)33-50-57(45-19-11-12-20-47(45)61-50)30-13-3-7-21-48(59)54-28-29-55-49(60)22-8-4-14-31-58-46-35-39(53)24-26-42(46)41-25-23-38(52)34-43(41)51(58)36-15-5-2-6-16-36/h2,5-6,9-12,15-20,23-27,32-35,53H,3-4,7-8,13-14,21-22,28-31,52H2,1H3,(H-,54,55,59,60)/p+2. The average Bonchev–Trinajstić information content (AvgIpc) is 3.62. The summed E-state index contributed by atoms with van der Waals surface area (Å²) in [5.74, 6) is 0.0369. The summed E-state index contributed by atoms with van der Waals surface area (Å²) in [6, 6.07) is 39.7. The summed E-state index contributed by atoms with van der Waals surface area (Å²) in [7, 11) is 2.08. The van der Waals surface area contributed by atoms with Crippen molar-refractivity contribution in [2.24, 2.45) is 0 Å². The number of nitrogens with two attached hydrogens (primary N) is 2. The molecule has 0 bridgehead atoms. The number of para-hydroxylation sites is 2. The number of benzene rings is 5. The third-order valence-electron chi connectivity index (χ3n) is 11.5. The molecule has 10 heteroatoms. The second-order valence-electron chi connectivity index (χ2n) is 15.9. The van der Waals surface area contributed by atoms with Crippen LogP contribution in [0.5, 0.6) is 0 Å². The van der Waals surface area contributed by atoms with E-state index in [-0.39, 0.29) is 11.8 Å². The Morgan fingerprint density at radius 1 is 0.656 bits per heavy atom. The van der Waals surface area contributed by atoms with Crippen LogP contribution in [-0.2, 0) is 22.7 Å². The summed E-state index contributed by atoms with van der Waals surface area (Å²) in [4.78, 5) is 27.5. The van der Waals surface area contributed by atoms with Crippen molar-refractivity contribution in [1.82, 2.24) is 10.6 Å². The summed E-state index contributed by atoms with van der Waals surface area (Å²) < 4.78 is 6.05. The van der Waals surface area contributed by atoms with Gasteiger partial charge in [-0.15, -0.1) is 0 Å². The Labute approximate surface area is 362 Å². The quantitative estimate of drug-likeness (QED) is 0.0316. The van der Waals surface area contributed by atoms with E-state index in [1.165, 1.54) is 32.0 Å². The molecule has 0 spiro atoms. The van der Waals surface area contributed by atoms with Crippen LogP contribution in [-0.4, -0.2) is 32.0 Å². The lowest BCUT2D eigenvalue weighted by Crippen LogP contribution is -2.38. The Morgan fingerprint density at radius 2 is 1.30 bits per heavy atom. The maximum atomic E-state index is 12.7. The molecule has 0 fully saturated rings. The summed E-state index contributed by atoms with van der Waals surface area (Å²) >= 11 is 1.82. The van der Waals surface area contributed by atoms with E-state index in [0.29, 0.717) is 25.9 Å². The van der Waals surface area contributed by atoms with Crippen LogP contribution in [0, 0.1) is 0 Å². The zero-order valence-electron chi connectivity index (χ0n) is 34.9. The Hall–Kier alpha value is -6.52. The van der Waals surface area contributed by atoms with Crippen LogP contribution in [0.25, 0.3) is 54.8 Å². The van der Waals surface area contributed by atoms with Gasteiger partial charge in [0, 0.05) is 104 Å². The van der Waals surface area contributed by atoms with Crippen LogP contribution in [0.4, 0.5) is 17.1 Å². The highest BCUT2D eigenvalue weighted by molar-refractivity contribution is 7.18. The highest BCUT2D eigenvalue weighted by Gasteiger charge is 2.24. The molecule has 5 aromatic carbocycles. The molecular weight excluding hydrogens is 775 g/mol. The molecule has 2 aromatic heterocycles. The zero-order chi connectivity index (χ0) is 42.1. The minimum atomic E-state index is 0.0100. The number of fused-ring (bicyclic) bond motifs is 5. The van der Waals surface area contributed by atoms with E-state index < -0.39 is 0 Å². The fraction of sp³-hybridized carbons (Fsp3) is 0.255. The van der Waals surface area contributed by atoms with Crippen LogP contribution < -0.4 is 36.1 Å². The van der Waals surface area contributed by atoms with Crippen molar-refractivity contribution < 1.29 is 18.7 Å². The number of hydrogen-bond acceptors (Lipinski definition) is 6. The van der Waals surface area contributed by atoms with E-state index in [4.69, 9.17) is 11.5 Å². The number of nitrogens with zero attached hydrogens (tertiary/aromatic N) is 3. The molecule has 6 N–H and O–H groups in total. The Bertz CT molecular complexity index is 2760. The third kappa shape index (κ3) is 9.60. The minimum Gasteiger partial charge on any atom is -0.399 e. The molecule has 1 aliphatic rings. The van der Waals surface area contributed by atoms with Crippen molar-refractivity contribution in [3.05, 3.63) is 138 Å². The lowest BCUT2D eigenvalue weighted by Gasteiger charge is -2.23. The van der Waals surface area contributed by atoms with Crippen molar-refractivity contribution in [2.75, 3.05) is 36.5 Å². The fourth-order valence-corrected chi connectivity index (χ4v) is 9.62. The second kappa shape index (κ2) is 19.2. The van der Waals surface area contributed by atoms with Crippen LogP contribution in [0.15, 0.2) is 128 Å². The van der Waals surface area contributed by atoms with E-state index in [9.17, 15) is 9.59 Å². The van der Waals surface area contributed by atoms with Crippen molar-refractivity contribution in [3.63, 3.8) is 0 Å². The van der Waals surface area contributed by atoms with Crippen LogP contribution in [0.3, 0.4) is 0 Å². The van der Waals surface area contributed by atoms with Gasteiger partial charge in [0.2, 0.25) is 28.5 Å². The Morgan fingerprint density at radius 3 is 2.05 bits per heavy atom. The number of thiazole rings is 1. The van der Waals surface area contributed by atoms with Crippen LogP contribution >= 0.6 is 11.3 Å². The molecule has 9 nitrogen and oxygen atoms in total. The Balaban J connectivity index is 0.767. The third-order valence-corrected chi connectivity index (χ3v) is 12.7. The van der Waals surface area contributed by atoms with Crippen LogP contribution in [0.2, 0.25) is 0 Å². The van der Waals surface area contributed by atoms with Gasteiger partial charge in [-0.25, -0.2) is 0 Å². The lowest BCUT2D eigenvalue weighted by molar-refractivity contribution is -0.669. The van der Waals surface area contributed by atoms with Gasteiger partial charge in [-0.1, -0.05) is 65.9 Å². The SMILES string of the molecule is CN1C=CC(=Cc2sc3ccccc3[n+]2CCCCCC(=O)NCCNC(=O)CCCCC[n+]2c(-c3ccccc3)c3cc(N)ccc3c3ccc(N)cc32)c2ccccc21. The first-order chi connectivity index (χ1) is 29.8. The van der Waals surface area contributed by atoms with Crippen molar-refractivity contribution in [3.8, 4) is 11.3 Å². The summed E-state index contributed by atoms with van der Waals surface area (Å²) in [6.45, 7) is 2.51. The number of carbonyl (C=O) groups excluding carboxylic acids is 2. The molecule has 0 saturated carbocycles.